The zero-order valence-electron chi connectivity index (χ0n) is 36.5. The topological polar surface area (TPSA) is 49.6 Å². The van der Waals surface area contributed by atoms with Gasteiger partial charge in [0.2, 0.25) is 0 Å². The van der Waals surface area contributed by atoms with Gasteiger partial charge in [-0.25, -0.2) is 4.99 Å². The minimum absolute atomic E-state index is 0.225. The van der Waals surface area contributed by atoms with Gasteiger partial charge in [0.1, 0.15) is 29.3 Å². The first-order valence-corrected chi connectivity index (χ1v) is 23.0. The van der Waals surface area contributed by atoms with Gasteiger partial charge in [-0.05, 0) is 112 Å². The number of hydrogen-bond donors (Lipinski definition) is 2. The van der Waals surface area contributed by atoms with E-state index in [0.717, 1.165) is 66.7 Å². The average Bonchev–Trinajstić information content (AvgIpc) is 3.79. The number of amidine groups is 1. The highest BCUT2D eigenvalue weighted by Gasteiger charge is 2.27. The Kier molecular flexibility index (Phi) is 9.36. The van der Waals surface area contributed by atoms with Crippen molar-refractivity contribution in [3.8, 4) is 44.5 Å². The second kappa shape index (κ2) is 16.1. The third-order valence-electron chi connectivity index (χ3n) is 13.6. The highest BCUT2D eigenvalue weighted by Crippen LogP contribution is 2.43. The molecule has 4 heteroatoms. The summed E-state index contributed by atoms with van der Waals surface area (Å²) < 4.78 is 6.74. The van der Waals surface area contributed by atoms with Crippen LogP contribution < -0.4 is 10.6 Å². The molecule has 4 nitrogen and oxygen atoms in total. The van der Waals surface area contributed by atoms with Gasteiger partial charge >= 0.3 is 0 Å². The molecule has 0 spiro atoms. The number of hydrogen-bond acceptors (Lipinski definition) is 4. The summed E-state index contributed by atoms with van der Waals surface area (Å²) in [5.41, 5.74) is 14.5. The quantitative estimate of drug-likeness (QED) is 0.157. The molecule has 2 heterocycles. The Labute approximate surface area is 388 Å². The number of rotatable bonds is 7. The van der Waals surface area contributed by atoms with Crippen LogP contribution in [0.1, 0.15) is 29.0 Å². The Morgan fingerprint density at radius 1 is 0.358 bits per heavy atom. The van der Waals surface area contributed by atoms with Crippen molar-refractivity contribution >= 4 is 60.1 Å². The number of aliphatic imine (C=N–C) groups is 1. The molecule has 67 heavy (non-hydrogen) atoms. The average molecular weight is 858 g/mol. The first-order valence-electron chi connectivity index (χ1n) is 23.0. The van der Waals surface area contributed by atoms with E-state index in [2.05, 4.69) is 247 Å². The maximum absolute atomic E-state index is 6.74. The summed E-state index contributed by atoms with van der Waals surface area (Å²) >= 11 is 0. The van der Waals surface area contributed by atoms with E-state index in [1.54, 1.807) is 0 Å². The minimum atomic E-state index is -0.255. The zero-order valence-corrected chi connectivity index (χ0v) is 36.5. The molecule has 2 N–H and O–H groups in total. The van der Waals surface area contributed by atoms with Gasteiger partial charge in [-0.1, -0.05) is 212 Å². The second-order valence-corrected chi connectivity index (χ2v) is 17.5. The fourth-order valence-electron chi connectivity index (χ4n) is 10.3. The lowest BCUT2D eigenvalue weighted by Gasteiger charge is -2.33. The van der Waals surface area contributed by atoms with Crippen LogP contribution in [0.3, 0.4) is 0 Å². The summed E-state index contributed by atoms with van der Waals surface area (Å²) in [4.78, 5) is 5.29. The molecule has 2 atom stereocenters. The summed E-state index contributed by atoms with van der Waals surface area (Å²) in [7, 11) is 0. The molecule has 0 saturated heterocycles. The molecule has 12 aromatic rings. The zero-order chi connectivity index (χ0) is 44.3. The van der Waals surface area contributed by atoms with Gasteiger partial charge in [0.25, 0.3) is 0 Å². The number of fused-ring (bicyclic) bond motifs is 7. The van der Waals surface area contributed by atoms with E-state index in [4.69, 9.17) is 9.41 Å². The normalized spacial score (nSPS) is 15.0. The van der Waals surface area contributed by atoms with Gasteiger partial charge in [-0.3, -0.25) is 5.32 Å². The Hall–Kier alpha value is -8.57. The van der Waals surface area contributed by atoms with Gasteiger partial charge in [0.15, 0.2) is 0 Å². The lowest BCUT2D eigenvalue weighted by molar-refractivity contribution is 0.411. The monoisotopic (exact) mass is 857 g/mol. The number of benzene rings is 11. The molecule has 0 bridgehead atoms. The van der Waals surface area contributed by atoms with Crippen molar-refractivity contribution < 1.29 is 4.42 Å². The highest BCUT2D eigenvalue weighted by atomic mass is 16.3. The predicted octanol–water partition coefficient (Wildman–Crippen LogP) is 16.1. The highest BCUT2D eigenvalue weighted by molar-refractivity contribution is 6.18. The van der Waals surface area contributed by atoms with Crippen LogP contribution in [0.2, 0.25) is 0 Å². The minimum Gasteiger partial charge on any atom is -0.456 e. The molecule has 0 amide bonds. The fraction of sp³-hybridized carbons (Fsp3) is 0.0317. The standard InChI is InChI=1S/C63H43N3O/c1-3-14-40(15-4-1)41-26-28-42(29-27-41)43-30-32-45(33-31-43)62-64-61(44-16-5-2-6-17-44)65-63(66-62)55-37-36-53(50-21-10-11-22-51(50)55)54-24-13-25-58-60(54)56-35-34-47(39-59(56)67-58)57-38-46-18-7-8-19-48(46)49-20-9-12-23-52(49)57/h1-39,61,63,65H,(H,64,66). The second-order valence-electron chi connectivity index (χ2n) is 17.5. The lowest BCUT2D eigenvalue weighted by atomic mass is 9.90. The van der Waals surface area contributed by atoms with Crippen LogP contribution in [0.25, 0.3) is 98.8 Å². The maximum atomic E-state index is 6.74. The molecule has 0 saturated carbocycles. The number of nitrogens with one attached hydrogen (secondary N) is 2. The van der Waals surface area contributed by atoms with Crippen molar-refractivity contribution in [3.05, 3.63) is 253 Å². The third-order valence-corrected chi connectivity index (χ3v) is 13.6. The molecule has 0 fully saturated rings. The van der Waals surface area contributed by atoms with Crippen molar-refractivity contribution in [3.63, 3.8) is 0 Å². The number of nitrogens with zero attached hydrogens (tertiary/aromatic N) is 1. The molecule has 0 radical (unpaired) electrons. The summed E-state index contributed by atoms with van der Waals surface area (Å²) in [5.74, 6) is 0.849. The van der Waals surface area contributed by atoms with Crippen LogP contribution in [0, 0.1) is 0 Å². The summed E-state index contributed by atoms with van der Waals surface area (Å²) in [5, 5.41) is 17.3. The van der Waals surface area contributed by atoms with Crippen LogP contribution in [-0.4, -0.2) is 5.84 Å². The van der Waals surface area contributed by atoms with Crippen LogP contribution in [0.5, 0.6) is 0 Å². The van der Waals surface area contributed by atoms with Gasteiger partial charge in [-0.2, -0.15) is 0 Å². The van der Waals surface area contributed by atoms with E-state index in [0.29, 0.717) is 0 Å². The molecule has 11 aromatic carbocycles. The smallest absolute Gasteiger partial charge is 0.136 e. The third kappa shape index (κ3) is 6.86. The van der Waals surface area contributed by atoms with E-state index in [-0.39, 0.29) is 12.3 Å². The first-order chi connectivity index (χ1) is 33.2. The Balaban J connectivity index is 0.864. The largest absolute Gasteiger partial charge is 0.456 e. The van der Waals surface area contributed by atoms with Gasteiger partial charge in [-0.15, -0.1) is 0 Å². The Morgan fingerprint density at radius 2 is 0.940 bits per heavy atom. The van der Waals surface area contributed by atoms with E-state index < -0.39 is 0 Å². The molecule has 2 unspecified atom stereocenters. The van der Waals surface area contributed by atoms with Crippen molar-refractivity contribution in [1.82, 2.24) is 10.6 Å². The van der Waals surface area contributed by atoms with Gasteiger partial charge in [0.05, 0.1) is 0 Å². The van der Waals surface area contributed by atoms with E-state index in [1.165, 1.54) is 54.6 Å². The van der Waals surface area contributed by atoms with Crippen LogP contribution in [0.15, 0.2) is 246 Å². The van der Waals surface area contributed by atoms with Gasteiger partial charge < -0.3 is 9.73 Å². The van der Waals surface area contributed by atoms with E-state index >= 15 is 0 Å². The predicted molar refractivity (Wildman–Crippen MR) is 279 cm³/mol. The Morgan fingerprint density at radius 3 is 1.67 bits per heavy atom. The molecule has 1 aromatic heterocycles. The Bertz CT molecular complexity index is 3850. The van der Waals surface area contributed by atoms with E-state index in [9.17, 15) is 0 Å². The van der Waals surface area contributed by atoms with Gasteiger partial charge in [0, 0.05) is 16.3 Å². The molecule has 316 valence electrons. The summed E-state index contributed by atoms with van der Waals surface area (Å²) in [6.07, 6.45) is -0.480. The summed E-state index contributed by atoms with van der Waals surface area (Å²) in [6.45, 7) is 0. The van der Waals surface area contributed by atoms with Crippen LogP contribution in [0.4, 0.5) is 0 Å². The lowest BCUT2D eigenvalue weighted by Crippen LogP contribution is -2.45. The molecule has 0 aliphatic carbocycles. The SMILES string of the molecule is c1ccc(-c2ccc(-c3ccc(C4=NC(c5ccccc5)NC(c5ccc(-c6cccc7oc8cc(-c9cc%10ccccc%10c%10ccccc9%10)ccc8c67)c6ccccc56)N4)cc3)cc2)cc1. The molecule has 1 aliphatic heterocycles. The van der Waals surface area contributed by atoms with Crippen LogP contribution in [-0.2, 0) is 0 Å². The van der Waals surface area contributed by atoms with Crippen LogP contribution >= 0.6 is 0 Å². The summed E-state index contributed by atoms with van der Waals surface area (Å²) in [6, 6.07) is 84.7. The van der Waals surface area contributed by atoms with E-state index in [1.807, 2.05) is 0 Å². The van der Waals surface area contributed by atoms with Crippen molar-refractivity contribution in [2.45, 2.75) is 12.3 Å². The van der Waals surface area contributed by atoms with Crippen molar-refractivity contribution in [2.75, 3.05) is 0 Å². The number of furan rings is 1. The fourth-order valence-corrected chi connectivity index (χ4v) is 10.3. The molecule has 1 aliphatic rings. The van der Waals surface area contributed by atoms with Crippen molar-refractivity contribution in [2.24, 2.45) is 4.99 Å². The molecular formula is C63H43N3O. The molecule has 13 rings (SSSR count). The molecular weight excluding hydrogens is 815 g/mol. The van der Waals surface area contributed by atoms with Crippen molar-refractivity contribution in [1.29, 1.82) is 0 Å². The maximum Gasteiger partial charge on any atom is 0.136 e. The first kappa shape index (κ1) is 38.9.